The summed E-state index contributed by atoms with van der Waals surface area (Å²) in [6, 6.07) is 0. The first-order valence-electron chi connectivity index (χ1n) is 4.59. The molecule has 2 N–H and O–H groups in total. The minimum Gasteiger partial charge on any atom is -0.330 e. The molecule has 11 heavy (non-hydrogen) atoms. The molecule has 0 bridgehead atoms. The first-order chi connectivity index (χ1) is 5.24. The molecule has 0 aliphatic heterocycles. The van der Waals surface area contributed by atoms with Crippen LogP contribution in [0.4, 0.5) is 0 Å². The lowest BCUT2D eigenvalue weighted by Gasteiger charge is -2.23. The van der Waals surface area contributed by atoms with Gasteiger partial charge in [-0.05, 0) is 52.0 Å². The monoisotopic (exact) mass is 153 g/mol. The Morgan fingerprint density at radius 2 is 2.09 bits per heavy atom. The molecule has 1 atom stereocenters. The fourth-order valence-corrected chi connectivity index (χ4v) is 1.83. The topological polar surface area (TPSA) is 26.0 Å². The minimum atomic E-state index is 0.858. The fraction of sp³-hybridized carbons (Fsp3) is 0.800. The molecule has 0 aromatic heterocycles. The van der Waals surface area contributed by atoms with Crippen molar-refractivity contribution in [3.8, 4) is 0 Å². The average molecular weight is 153 g/mol. The lowest BCUT2D eigenvalue weighted by molar-refractivity contribution is 0.430. The Balaban J connectivity index is 2.44. The van der Waals surface area contributed by atoms with Crippen LogP contribution in [0.2, 0.25) is 0 Å². The molecule has 1 aliphatic carbocycles. The highest BCUT2D eigenvalue weighted by Crippen LogP contribution is 2.30. The van der Waals surface area contributed by atoms with Crippen molar-refractivity contribution in [2.45, 2.75) is 39.5 Å². The van der Waals surface area contributed by atoms with Crippen LogP contribution < -0.4 is 5.73 Å². The Hall–Kier alpha value is -0.300. The quantitative estimate of drug-likeness (QED) is 0.606. The number of allylic oxidation sites excluding steroid dienone is 2. The van der Waals surface area contributed by atoms with Crippen molar-refractivity contribution in [3.63, 3.8) is 0 Å². The fourth-order valence-electron chi connectivity index (χ4n) is 1.83. The molecule has 0 aromatic carbocycles. The number of hydrogen-bond donors (Lipinski definition) is 1. The van der Waals surface area contributed by atoms with Gasteiger partial charge in [0.1, 0.15) is 0 Å². The molecule has 0 radical (unpaired) electrons. The molecule has 0 aromatic rings. The van der Waals surface area contributed by atoms with E-state index in [4.69, 9.17) is 5.73 Å². The molecule has 1 heteroatoms. The second-order valence-electron chi connectivity index (χ2n) is 3.75. The van der Waals surface area contributed by atoms with Crippen molar-refractivity contribution in [1.82, 2.24) is 0 Å². The maximum atomic E-state index is 5.52. The zero-order chi connectivity index (χ0) is 8.27. The first kappa shape index (κ1) is 8.79. The van der Waals surface area contributed by atoms with Crippen molar-refractivity contribution in [2.24, 2.45) is 11.7 Å². The standard InChI is InChI=1S/C10H19N/c1-8-3-4-10(5-6-11)7-9(8)2/h10H,3-7,11H2,1-2H3. The molecule has 1 unspecified atom stereocenters. The zero-order valence-corrected chi connectivity index (χ0v) is 7.69. The van der Waals surface area contributed by atoms with E-state index < -0.39 is 0 Å². The van der Waals surface area contributed by atoms with E-state index in [1.807, 2.05) is 0 Å². The van der Waals surface area contributed by atoms with Crippen LogP contribution in [0.1, 0.15) is 39.5 Å². The van der Waals surface area contributed by atoms with Gasteiger partial charge >= 0.3 is 0 Å². The van der Waals surface area contributed by atoms with Gasteiger partial charge in [-0.15, -0.1) is 0 Å². The van der Waals surface area contributed by atoms with E-state index in [0.717, 1.165) is 12.5 Å². The van der Waals surface area contributed by atoms with Gasteiger partial charge in [0.2, 0.25) is 0 Å². The maximum Gasteiger partial charge on any atom is -0.00745 e. The highest BCUT2D eigenvalue weighted by molar-refractivity contribution is 5.13. The van der Waals surface area contributed by atoms with Gasteiger partial charge in [-0.25, -0.2) is 0 Å². The van der Waals surface area contributed by atoms with Gasteiger partial charge in [0.15, 0.2) is 0 Å². The van der Waals surface area contributed by atoms with E-state index in [9.17, 15) is 0 Å². The first-order valence-corrected chi connectivity index (χ1v) is 4.59. The Labute approximate surface area is 69.7 Å². The number of nitrogens with two attached hydrogens (primary N) is 1. The van der Waals surface area contributed by atoms with E-state index in [0.29, 0.717) is 0 Å². The largest absolute Gasteiger partial charge is 0.330 e. The Bertz CT molecular complexity index is 158. The molecular weight excluding hydrogens is 134 g/mol. The van der Waals surface area contributed by atoms with E-state index in [2.05, 4.69) is 13.8 Å². The number of hydrogen-bond acceptors (Lipinski definition) is 1. The summed E-state index contributed by atoms with van der Waals surface area (Å²) in [5, 5.41) is 0. The van der Waals surface area contributed by atoms with Crippen LogP contribution in [0, 0.1) is 5.92 Å². The van der Waals surface area contributed by atoms with Crippen LogP contribution in [0.15, 0.2) is 11.1 Å². The SMILES string of the molecule is CC1=C(C)CC(CCN)CC1. The highest BCUT2D eigenvalue weighted by Gasteiger charge is 2.14. The molecule has 0 saturated carbocycles. The highest BCUT2D eigenvalue weighted by atomic mass is 14.5. The lowest BCUT2D eigenvalue weighted by Crippen LogP contribution is -2.13. The van der Waals surface area contributed by atoms with Crippen LogP contribution in [-0.4, -0.2) is 6.54 Å². The molecular formula is C10H19N. The third-order valence-electron chi connectivity index (χ3n) is 2.83. The lowest BCUT2D eigenvalue weighted by atomic mass is 9.83. The second kappa shape index (κ2) is 3.91. The summed E-state index contributed by atoms with van der Waals surface area (Å²) in [7, 11) is 0. The Morgan fingerprint density at radius 1 is 1.36 bits per heavy atom. The maximum absolute atomic E-state index is 5.52. The summed E-state index contributed by atoms with van der Waals surface area (Å²) < 4.78 is 0. The van der Waals surface area contributed by atoms with Gasteiger partial charge in [0.25, 0.3) is 0 Å². The third kappa shape index (κ3) is 2.33. The molecule has 1 aliphatic rings. The molecule has 0 amide bonds. The summed E-state index contributed by atoms with van der Waals surface area (Å²) in [6.07, 6.45) is 5.17. The molecule has 0 spiro atoms. The van der Waals surface area contributed by atoms with Gasteiger partial charge in [-0.2, -0.15) is 0 Å². The van der Waals surface area contributed by atoms with E-state index in [1.165, 1.54) is 25.7 Å². The van der Waals surface area contributed by atoms with Gasteiger partial charge < -0.3 is 5.73 Å². The predicted molar refractivity (Wildman–Crippen MR) is 49.4 cm³/mol. The minimum absolute atomic E-state index is 0.858. The summed E-state index contributed by atoms with van der Waals surface area (Å²) in [6.45, 7) is 5.38. The third-order valence-corrected chi connectivity index (χ3v) is 2.83. The molecule has 0 heterocycles. The van der Waals surface area contributed by atoms with Crippen LogP contribution in [0.5, 0.6) is 0 Å². The Morgan fingerprint density at radius 3 is 2.64 bits per heavy atom. The number of rotatable bonds is 2. The van der Waals surface area contributed by atoms with Gasteiger partial charge in [0.05, 0.1) is 0 Å². The van der Waals surface area contributed by atoms with Crippen molar-refractivity contribution < 1.29 is 0 Å². The van der Waals surface area contributed by atoms with E-state index >= 15 is 0 Å². The summed E-state index contributed by atoms with van der Waals surface area (Å²) in [5.74, 6) is 0.878. The average Bonchev–Trinajstić information content (AvgIpc) is 1.98. The van der Waals surface area contributed by atoms with Crippen molar-refractivity contribution >= 4 is 0 Å². The van der Waals surface area contributed by atoms with Crippen LogP contribution in [0.3, 0.4) is 0 Å². The van der Waals surface area contributed by atoms with Gasteiger partial charge in [0, 0.05) is 0 Å². The predicted octanol–water partition coefficient (Wildman–Crippen LogP) is 2.47. The van der Waals surface area contributed by atoms with Crippen LogP contribution in [-0.2, 0) is 0 Å². The normalized spacial score (nSPS) is 25.9. The molecule has 1 nitrogen and oxygen atoms in total. The molecule has 0 fully saturated rings. The summed E-state index contributed by atoms with van der Waals surface area (Å²) in [5.41, 5.74) is 8.74. The van der Waals surface area contributed by atoms with Gasteiger partial charge in [-0.1, -0.05) is 11.1 Å². The zero-order valence-electron chi connectivity index (χ0n) is 7.69. The molecule has 1 rings (SSSR count). The second-order valence-corrected chi connectivity index (χ2v) is 3.75. The van der Waals surface area contributed by atoms with Crippen molar-refractivity contribution in [1.29, 1.82) is 0 Å². The van der Waals surface area contributed by atoms with Gasteiger partial charge in [-0.3, -0.25) is 0 Å². The summed E-state index contributed by atoms with van der Waals surface area (Å²) >= 11 is 0. The van der Waals surface area contributed by atoms with E-state index in [1.54, 1.807) is 11.1 Å². The van der Waals surface area contributed by atoms with Crippen molar-refractivity contribution in [3.05, 3.63) is 11.1 Å². The Kier molecular flexibility index (Phi) is 3.13. The molecule has 0 saturated heterocycles. The smallest absolute Gasteiger partial charge is 0.00745 e. The van der Waals surface area contributed by atoms with Crippen LogP contribution in [0.25, 0.3) is 0 Å². The molecule has 64 valence electrons. The summed E-state index contributed by atoms with van der Waals surface area (Å²) in [4.78, 5) is 0. The van der Waals surface area contributed by atoms with E-state index in [-0.39, 0.29) is 0 Å². The van der Waals surface area contributed by atoms with Crippen molar-refractivity contribution in [2.75, 3.05) is 6.54 Å². The van der Waals surface area contributed by atoms with Crippen LogP contribution >= 0.6 is 0 Å².